The van der Waals surface area contributed by atoms with Gasteiger partial charge in [0, 0.05) is 0 Å². The molecule has 0 fully saturated rings. The van der Waals surface area contributed by atoms with Crippen LogP contribution in [0.4, 0.5) is 0 Å². The van der Waals surface area contributed by atoms with Gasteiger partial charge < -0.3 is 0 Å². The zero-order valence-electron chi connectivity index (χ0n) is 13.5. The van der Waals surface area contributed by atoms with Crippen LogP contribution in [0.2, 0.25) is 0 Å². The number of hydrogen-bond acceptors (Lipinski definition) is 3. The molecule has 0 saturated carbocycles. The second-order valence-electron chi connectivity index (χ2n) is 6.06. The Morgan fingerprint density at radius 3 is 2.46 bits per heavy atom. The SMILES string of the molecule is O=C1C(=Cc2ccc(-n3ccc4ccncc43)[se]2)C(=O)c2ccccc21. The molecule has 0 aliphatic heterocycles. The Morgan fingerprint density at radius 1 is 0.923 bits per heavy atom. The van der Waals surface area contributed by atoms with Gasteiger partial charge in [-0.3, -0.25) is 0 Å². The summed E-state index contributed by atoms with van der Waals surface area (Å²) < 4.78 is 4.29. The summed E-state index contributed by atoms with van der Waals surface area (Å²) in [4.78, 5) is 29.3. The monoisotopic (exact) mass is 404 g/mol. The molecule has 5 rings (SSSR count). The molecular weight excluding hydrogens is 391 g/mol. The third-order valence-electron chi connectivity index (χ3n) is 4.54. The van der Waals surface area contributed by atoms with Gasteiger partial charge in [0.05, 0.1) is 0 Å². The average Bonchev–Trinajstić information content (AvgIpc) is 3.36. The van der Waals surface area contributed by atoms with Gasteiger partial charge in [0.25, 0.3) is 0 Å². The Morgan fingerprint density at radius 2 is 1.69 bits per heavy atom. The van der Waals surface area contributed by atoms with Crippen LogP contribution in [-0.4, -0.2) is 35.6 Å². The third-order valence-corrected chi connectivity index (χ3v) is 6.70. The summed E-state index contributed by atoms with van der Waals surface area (Å²) in [6.45, 7) is 0. The molecule has 26 heavy (non-hydrogen) atoms. The number of hydrogen-bond donors (Lipinski definition) is 0. The molecule has 4 nitrogen and oxygen atoms in total. The van der Waals surface area contributed by atoms with Crippen LogP contribution in [0.15, 0.2) is 72.7 Å². The van der Waals surface area contributed by atoms with Gasteiger partial charge >= 0.3 is 155 Å². The Hall–Kier alpha value is -3.01. The first-order valence-corrected chi connectivity index (χ1v) is 9.85. The molecule has 0 radical (unpaired) electrons. The fourth-order valence-electron chi connectivity index (χ4n) is 3.26. The molecule has 0 saturated heterocycles. The van der Waals surface area contributed by atoms with Crippen molar-refractivity contribution < 1.29 is 9.59 Å². The van der Waals surface area contributed by atoms with E-state index in [1.165, 1.54) is 0 Å². The molecule has 3 aromatic heterocycles. The van der Waals surface area contributed by atoms with Crippen molar-refractivity contribution in [1.29, 1.82) is 0 Å². The Kier molecular flexibility index (Phi) is 3.38. The van der Waals surface area contributed by atoms with Crippen molar-refractivity contribution in [1.82, 2.24) is 9.55 Å². The second kappa shape index (κ2) is 5.77. The Bertz CT molecular complexity index is 1190. The summed E-state index contributed by atoms with van der Waals surface area (Å²) in [5.41, 5.74) is 2.34. The molecule has 5 heteroatoms. The van der Waals surface area contributed by atoms with E-state index in [1.54, 1.807) is 36.5 Å². The zero-order chi connectivity index (χ0) is 17.7. The zero-order valence-corrected chi connectivity index (χ0v) is 15.3. The predicted octanol–water partition coefficient (Wildman–Crippen LogP) is 3.55. The molecule has 0 unspecified atom stereocenters. The normalized spacial score (nSPS) is 13.5. The van der Waals surface area contributed by atoms with E-state index in [0.717, 1.165) is 19.9 Å². The van der Waals surface area contributed by atoms with Crippen molar-refractivity contribution in [3.05, 3.63) is 88.3 Å². The minimum atomic E-state index is -0.175. The molecule has 1 aliphatic carbocycles. The fourth-order valence-corrected chi connectivity index (χ4v) is 5.25. The number of benzene rings is 1. The van der Waals surface area contributed by atoms with Gasteiger partial charge in [-0.2, -0.15) is 0 Å². The molecule has 0 amide bonds. The molecule has 0 spiro atoms. The fraction of sp³-hybridized carbons (Fsp3) is 0. The van der Waals surface area contributed by atoms with Crippen LogP contribution >= 0.6 is 0 Å². The number of pyridine rings is 1. The van der Waals surface area contributed by atoms with Crippen molar-refractivity contribution in [3.8, 4) is 4.56 Å². The van der Waals surface area contributed by atoms with E-state index in [9.17, 15) is 9.59 Å². The summed E-state index contributed by atoms with van der Waals surface area (Å²) in [5.74, 6) is -0.349. The van der Waals surface area contributed by atoms with Crippen LogP contribution in [0.1, 0.15) is 25.2 Å². The van der Waals surface area contributed by atoms with E-state index >= 15 is 0 Å². The van der Waals surface area contributed by atoms with E-state index in [-0.39, 0.29) is 31.6 Å². The minimum absolute atomic E-state index is 0.0180. The first-order chi connectivity index (χ1) is 12.7. The van der Waals surface area contributed by atoms with E-state index in [0.29, 0.717) is 11.1 Å². The van der Waals surface area contributed by atoms with Crippen LogP contribution in [0.5, 0.6) is 0 Å². The number of carbonyl (C=O) groups is 2. The topological polar surface area (TPSA) is 52.0 Å². The number of aromatic nitrogens is 2. The first kappa shape index (κ1) is 15.3. The summed E-state index contributed by atoms with van der Waals surface area (Å²) in [6.07, 6.45) is 7.43. The van der Waals surface area contributed by atoms with Crippen LogP contribution < -0.4 is 0 Å². The number of carbonyl (C=O) groups excluding carboxylic acids is 2. The molecule has 0 N–H and O–H groups in total. The van der Waals surface area contributed by atoms with Crippen molar-refractivity contribution in [2.75, 3.05) is 0 Å². The number of rotatable bonds is 2. The predicted molar refractivity (Wildman–Crippen MR) is 101 cm³/mol. The number of fused-ring (bicyclic) bond motifs is 2. The van der Waals surface area contributed by atoms with E-state index in [1.807, 2.05) is 24.5 Å². The molecule has 3 heterocycles. The van der Waals surface area contributed by atoms with Crippen LogP contribution in [0.3, 0.4) is 0 Å². The molecule has 124 valence electrons. The number of nitrogens with zero attached hydrogens (tertiary/aromatic N) is 2. The van der Waals surface area contributed by atoms with Crippen LogP contribution in [-0.2, 0) is 0 Å². The average molecular weight is 403 g/mol. The van der Waals surface area contributed by atoms with Crippen LogP contribution in [0.25, 0.3) is 21.5 Å². The Balaban J connectivity index is 1.55. The van der Waals surface area contributed by atoms with Crippen LogP contribution in [0, 0.1) is 0 Å². The molecule has 1 aromatic carbocycles. The van der Waals surface area contributed by atoms with E-state index in [2.05, 4.69) is 21.7 Å². The molecule has 0 atom stereocenters. The first-order valence-electron chi connectivity index (χ1n) is 8.14. The maximum absolute atomic E-state index is 12.5. The molecule has 4 aromatic rings. The van der Waals surface area contributed by atoms with Gasteiger partial charge in [0.2, 0.25) is 0 Å². The number of ketones is 2. The molecular formula is C21H12N2O2Se. The standard InChI is InChI=1S/C21H12N2O2Se/c24-20-15-3-1-2-4-16(15)21(25)17(20)11-14-5-6-19(26-14)23-10-8-13-7-9-22-12-18(13)23/h1-12H. The molecule has 0 bridgehead atoms. The number of allylic oxidation sites excluding steroid dienone is 1. The number of Topliss-reactive ketones (excluding diaryl/α,β-unsaturated/α-hetero) is 2. The van der Waals surface area contributed by atoms with Gasteiger partial charge in [-0.25, -0.2) is 0 Å². The van der Waals surface area contributed by atoms with Gasteiger partial charge in [-0.1, -0.05) is 0 Å². The summed E-state index contributed by atoms with van der Waals surface area (Å²) in [6, 6.07) is 15.1. The van der Waals surface area contributed by atoms with Crippen molar-refractivity contribution in [3.63, 3.8) is 0 Å². The van der Waals surface area contributed by atoms with Crippen molar-refractivity contribution >= 4 is 43.0 Å². The summed E-state index contributed by atoms with van der Waals surface area (Å²) in [7, 11) is 0. The summed E-state index contributed by atoms with van der Waals surface area (Å²) >= 11 is 0.0180. The van der Waals surface area contributed by atoms with Gasteiger partial charge in [0.15, 0.2) is 0 Å². The van der Waals surface area contributed by atoms with Crippen molar-refractivity contribution in [2.24, 2.45) is 0 Å². The van der Waals surface area contributed by atoms with E-state index < -0.39 is 0 Å². The second-order valence-corrected chi connectivity index (χ2v) is 8.35. The Labute approximate surface area is 155 Å². The maximum atomic E-state index is 12.5. The van der Waals surface area contributed by atoms with Gasteiger partial charge in [-0.15, -0.1) is 0 Å². The van der Waals surface area contributed by atoms with Gasteiger partial charge in [-0.05, 0) is 0 Å². The summed E-state index contributed by atoms with van der Waals surface area (Å²) in [5, 5.41) is 1.14. The quantitative estimate of drug-likeness (QED) is 0.292. The van der Waals surface area contributed by atoms with Gasteiger partial charge in [0.1, 0.15) is 0 Å². The third kappa shape index (κ3) is 2.25. The van der Waals surface area contributed by atoms with E-state index in [4.69, 9.17) is 0 Å². The molecule has 1 aliphatic rings. The van der Waals surface area contributed by atoms with Crippen molar-refractivity contribution in [2.45, 2.75) is 0 Å².